The summed E-state index contributed by atoms with van der Waals surface area (Å²) >= 11 is 1.40. The smallest absolute Gasteiger partial charge is 0.270 e. The Morgan fingerprint density at radius 2 is 1.69 bits per heavy atom. The maximum atomic E-state index is 13.0. The zero-order valence-electron chi connectivity index (χ0n) is 18.7. The molecule has 13 heteroatoms. The first-order valence-electron chi connectivity index (χ1n) is 11.1. The molecule has 2 aliphatic rings. The number of benzene rings is 2. The molecule has 2 aromatic carbocycles. The summed E-state index contributed by atoms with van der Waals surface area (Å²) in [6, 6.07) is 10.7. The monoisotopic (exact) mass is 517 g/mol. The van der Waals surface area contributed by atoms with E-state index >= 15 is 0 Å². The molecule has 0 aliphatic carbocycles. The molecule has 0 bridgehead atoms. The van der Waals surface area contributed by atoms with Crippen molar-refractivity contribution in [2.45, 2.75) is 4.90 Å². The second-order valence-electron chi connectivity index (χ2n) is 8.23. The number of nitro benzene ring substituents is 1. The summed E-state index contributed by atoms with van der Waals surface area (Å²) in [6.07, 6.45) is 0. The van der Waals surface area contributed by atoms with Gasteiger partial charge in [-0.2, -0.15) is 4.31 Å². The van der Waals surface area contributed by atoms with Crippen LogP contribution in [0.25, 0.3) is 10.2 Å². The van der Waals surface area contributed by atoms with Crippen molar-refractivity contribution in [3.63, 3.8) is 0 Å². The second kappa shape index (κ2) is 9.49. The zero-order chi connectivity index (χ0) is 24.6. The molecule has 0 saturated carbocycles. The Hall–Kier alpha value is -3.13. The molecule has 0 radical (unpaired) electrons. The molecule has 11 nitrogen and oxygen atoms in total. The lowest BCUT2D eigenvalue weighted by Crippen LogP contribution is -2.48. The van der Waals surface area contributed by atoms with Crippen molar-refractivity contribution in [3.8, 4) is 0 Å². The van der Waals surface area contributed by atoms with E-state index in [1.165, 1.54) is 39.9 Å². The molecule has 184 valence electrons. The first kappa shape index (κ1) is 23.6. The van der Waals surface area contributed by atoms with Crippen LogP contribution >= 0.6 is 11.3 Å². The average molecular weight is 518 g/mol. The maximum Gasteiger partial charge on any atom is 0.270 e. The van der Waals surface area contributed by atoms with Crippen molar-refractivity contribution in [1.29, 1.82) is 0 Å². The summed E-state index contributed by atoms with van der Waals surface area (Å²) in [5.74, 6) is -0.153. The molecule has 0 N–H and O–H groups in total. The first-order chi connectivity index (χ1) is 16.8. The average Bonchev–Trinajstić information content (AvgIpc) is 3.32. The number of hydrogen-bond donors (Lipinski definition) is 0. The number of nitro groups is 1. The van der Waals surface area contributed by atoms with Crippen LogP contribution in [0.5, 0.6) is 0 Å². The molecule has 2 saturated heterocycles. The van der Waals surface area contributed by atoms with Crippen LogP contribution < -0.4 is 4.90 Å². The van der Waals surface area contributed by atoms with E-state index in [-0.39, 0.29) is 16.5 Å². The molecule has 35 heavy (non-hydrogen) atoms. The molecule has 0 unspecified atom stereocenters. The number of carbonyl (C=O) groups excluding carboxylic acids is 1. The number of aromatic nitrogens is 1. The Bertz CT molecular complexity index is 1360. The number of piperazine rings is 1. The van der Waals surface area contributed by atoms with Crippen LogP contribution in [0.15, 0.2) is 47.4 Å². The van der Waals surface area contributed by atoms with E-state index in [2.05, 4.69) is 9.88 Å². The van der Waals surface area contributed by atoms with E-state index in [0.29, 0.717) is 63.6 Å². The third-order valence-corrected chi connectivity index (χ3v) is 9.11. The van der Waals surface area contributed by atoms with Gasteiger partial charge in [0.25, 0.3) is 11.6 Å². The number of thiazole rings is 1. The second-order valence-corrected chi connectivity index (χ2v) is 11.2. The Kier molecular flexibility index (Phi) is 6.40. The molecule has 2 fully saturated rings. The summed E-state index contributed by atoms with van der Waals surface area (Å²) in [4.78, 5) is 32.1. The van der Waals surface area contributed by atoms with Gasteiger partial charge in [-0.3, -0.25) is 14.9 Å². The highest BCUT2D eigenvalue weighted by Gasteiger charge is 2.28. The standard InChI is InChI=1S/C22H23N5O6S2/c28-21(16-1-4-18(5-2-16)35(31,32)26-11-13-33-14-12-26)24-7-9-25(10-8-24)22-23-19-6-3-17(27(29)30)15-20(19)34-22/h1-6,15H,7-14H2. The van der Waals surface area contributed by atoms with Crippen molar-refractivity contribution in [2.75, 3.05) is 57.4 Å². The van der Waals surface area contributed by atoms with Crippen LogP contribution in [0.2, 0.25) is 0 Å². The Labute approximate surface area is 205 Å². The number of anilines is 1. The molecule has 0 atom stereocenters. The van der Waals surface area contributed by atoms with Gasteiger partial charge >= 0.3 is 0 Å². The molecule has 3 heterocycles. The van der Waals surface area contributed by atoms with E-state index in [1.807, 2.05) is 0 Å². The minimum absolute atomic E-state index is 0.0341. The Morgan fingerprint density at radius 1 is 1.00 bits per heavy atom. The highest BCUT2D eigenvalue weighted by molar-refractivity contribution is 7.89. The number of fused-ring (bicyclic) bond motifs is 1. The van der Waals surface area contributed by atoms with Gasteiger partial charge in [0.1, 0.15) is 0 Å². The molecule has 0 spiro atoms. The third kappa shape index (κ3) is 4.72. The molecule has 3 aromatic rings. The van der Waals surface area contributed by atoms with Crippen molar-refractivity contribution >= 4 is 48.3 Å². The number of nitrogens with zero attached hydrogens (tertiary/aromatic N) is 5. The van der Waals surface area contributed by atoms with Crippen LogP contribution in [0.3, 0.4) is 0 Å². The highest BCUT2D eigenvalue weighted by Crippen LogP contribution is 2.32. The highest BCUT2D eigenvalue weighted by atomic mass is 32.2. The van der Waals surface area contributed by atoms with Gasteiger partial charge in [0.05, 0.1) is 33.2 Å². The molecular formula is C22H23N5O6S2. The molecule has 2 aliphatic heterocycles. The third-order valence-electron chi connectivity index (χ3n) is 6.12. The predicted molar refractivity (Wildman–Crippen MR) is 130 cm³/mol. The van der Waals surface area contributed by atoms with Gasteiger partial charge in [-0.1, -0.05) is 11.3 Å². The number of ether oxygens (including phenoxy) is 1. The summed E-state index contributed by atoms with van der Waals surface area (Å²) in [5, 5.41) is 11.8. The summed E-state index contributed by atoms with van der Waals surface area (Å²) in [5.41, 5.74) is 1.18. The SMILES string of the molecule is O=C(c1ccc(S(=O)(=O)N2CCOCC2)cc1)N1CCN(c2nc3ccc([N+](=O)[O-])cc3s2)CC1. The normalized spacial score (nSPS) is 17.6. The molecule has 1 aromatic heterocycles. The molecule has 5 rings (SSSR count). The van der Waals surface area contributed by atoms with Crippen molar-refractivity contribution in [2.24, 2.45) is 0 Å². The van der Waals surface area contributed by atoms with Gasteiger partial charge in [-0.15, -0.1) is 0 Å². The van der Waals surface area contributed by atoms with Crippen LogP contribution in [-0.4, -0.2) is 85.9 Å². The summed E-state index contributed by atoms with van der Waals surface area (Å²) in [7, 11) is -3.61. The van der Waals surface area contributed by atoms with E-state index in [0.717, 1.165) is 9.83 Å². The Balaban J connectivity index is 1.23. The molecular weight excluding hydrogens is 494 g/mol. The minimum atomic E-state index is -3.61. The predicted octanol–water partition coefficient (Wildman–Crippen LogP) is 2.19. The molecule has 1 amide bonds. The lowest BCUT2D eigenvalue weighted by atomic mass is 10.2. The van der Waals surface area contributed by atoms with E-state index in [1.54, 1.807) is 23.1 Å². The number of morpholine rings is 1. The van der Waals surface area contributed by atoms with Gasteiger partial charge in [0.15, 0.2) is 5.13 Å². The number of carbonyl (C=O) groups is 1. The lowest BCUT2D eigenvalue weighted by molar-refractivity contribution is -0.384. The summed E-state index contributed by atoms with van der Waals surface area (Å²) in [6.45, 7) is 3.52. The van der Waals surface area contributed by atoms with Gasteiger partial charge in [-0.05, 0) is 30.3 Å². The van der Waals surface area contributed by atoms with Crippen molar-refractivity contribution < 1.29 is 22.9 Å². The number of hydrogen-bond acceptors (Lipinski definition) is 9. The van der Waals surface area contributed by atoms with E-state index in [4.69, 9.17) is 4.74 Å². The quantitative estimate of drug-likeness (QED) is 0.372. The van der Waals surface area contributed by atoms with E-state index in [9.17, 15) is 23.3 Å². The van der Waals surface area contributed by atoms with Crippen LogP contribution in [0, 0.1) is 10.1 Å². The Morgan fingerprint density at radius 3 is 2.34 bits per heavy atom. The first-order valence-corrected chi connectivity index (χ1v) is 13.4. The fraction of sp³-hybridized carbons (Fsp3) is 0.364. The van der Waals surface area contributed by atoms with Crippen LogP contribution in [-0.2, 0) is 14.8 Å². The van der Waals surface area contributed by atoms with Crippen molar-refractivity contribution in [3.05, 3.63) is 58.1 Å². The van der Waals surface area contributed by atoms with Crippen LogP contribution in [0.4, 0.5) is 10.8 Å². The maximum absolute atomic E-state index is 13.0. The summed E-state index contributed by atoms with van der Waals surface area (Å²) < 4.78 is 32.9. The fourth-order valence-electron chi connectivity index (χ4n) is 4.14. The van der Waals surface area contributed by atoms with Crippen molar-refractivity contribution in [1.82, 2.24) is 14.2 Å². The fourth-order valence-corrected chi connectivity index (χ4v) is 6.60. The largest absolute Gasteiger partial charge is 0.379 e. The topological polar surface area (TPSA) is 126 Å². The van der Waals surface area contributed by atoms with Gasteiger partial charge in [-0.25, -0.2) is 13.4 Å². The minimum Gasteiger partial charge on any atom is -0.379 e. The van der Waals surface area contributed by atoms with Gasteiger partial charge in [0.2, 0.25) is 10.0 Å². The number of amides is 1. The van der Waals surface area contributed by atoms with Gasteiger partial charge < -0.3 is 14.5 Å². The van der Waals surface area contributed by atoms with Gasteiger partial charge in [0, 0.05) is 57.0 Å². The van der Waals surface area contributed by atoms with E-state index < -0.39 is 14.9 Å². The lowest BCUT2D eigenvalue weighted by Gasteiger charge is -2.34. The number of rotatable bonds is 5. The number of non-ortho nitro benzene ring substituents is 1. The van der Waals surface area contributed by atoms with Crippen LogP contribution in [0.1, 0.15) is 10.4 Å². The number of sulfonamides is 1. The zero-order valence-corrected chi connectivity index (χ0v) is 20.3.